The molecule has 0 saturated heterocycles. The van der Waals surface area contributed by atoms with E-state index in [1.807, 2.05) is 24.1 Å². The Morgan fingerprint density at radius 3 is 2.67 bits per heavy atom. The van der Waals surface area contributed by atoms with E-state index in [-0.39, 0.29) is 0 Å². The maximum atomic E-state index is 5.85. The van der Waals surface area contributed by atoms with Crippen LogP contribution in [0.3, 0.4) is 0 Å². The van der Waals surface area contributed by atoms with Crippen LogP contribution in [0.15, 0.2) is 23.1 Å². The Morgan fingerprint density at radius 1 is 1.44 bits per heavy atom. The lowest BCUT2D eigenvalue weighted by molar-refractivity contribution is 0.774. The highest BCUT2D eigenvalue weighted by Crippen LogP contribution is 2.28. The molecule has 18 heavy (non-hydrogen) atoms. The standard InChI is InChI=1S/C13H20N2S3/c1-4-9(8-17-2)15-10-6-5-7-11(18-3)12(10)13(14)16/h5-7,9,15H,4,8H2,1-3H3,(H2,14,16). The van der Waals surface area contributed by atoms with Gasteiger partial charge in [-0.1, -0.05) is 25.2 Å². The molecule has 2 nitrogen and oxygen atoms in total. The van der Waals surface area contributed by atoms with Crippen molar-refractivity contribution in [2.24, 2.45) is 5.73 Å². The minimum Gasteiger partial charge on any atom is -0.389 e. The molecule has 0 bridgehead atoms. The van der Waals surface area contributed by atoms with Gasteiger partial charge < -0.3 is 11.1 Å². The molecule has 0 radical (unpaired) electrons. The summed E-state index contributed by atoms with van der Waals surface area (Å²) in [5.41, 5.74) is 7.88. The Bertz CT molecular complexity index is 407. The van der Waals surface area contributed by atoms with Crippen molar-refractivity contribution >= 4 is 46.4 Å². The van der Waals surface area contributed by atoms with Crippen molar-refractivity contribution in [3.63, 3.8) is 0 Å². The molecular weight excluding hydrogens is 280 g/mol. The molecule has 0 aliphatic rings. The van der Waals surface area contributed by atoms with E-state index >= 15 is 0 Å². The van der Waals surface area contributed by atoms with Crippen LogP contribution in [0.5, 0.6) is 0 Å². The maximum absolute atomic E-state index is 5.85. The van der Waals surface area contributed by atoms with Crippen molar-refractivity contribution in [1.82, 2.24) is 0 Å². The maximum Gasteiger partial charge on any atom is 0.107 e. The third-order valence-electron chi connectivity index (χ3n) is 2.71. The summed E-state index contributed by atoms with van der Waals surface area (Å²) in [5.74, 6) is 1.08. The minimum atomic E-state index is 0.449. The van der Waals surface area contributed by atoms with Gasteiger partial charge in [0.1, 0.15) is 4.99 Å². The van der Waals surface area contributed by atoms with Gasteiger partial charge in [-0.05, 0) is 31.1 Å². The van der Waals surface area contributed by atoms with Crippen LogP contribution in [0.4, 0.5) is 5.69 Å². The number of nitrogens with two attached hydrogens (primary N) is 1. The first kappa shape index (κ1) is 15.7. The van der Waals surface area contributed by atoms with Gasteiger partial charge in [0.15, 0.2) is 0 Å². The van der Waals surface area contributed by atoms with Crippen molar-refractivity contribution in [2.75, 3.05) is 23.6 Å². The van der Waals surface area contributed by atoms with Crippen LogP contribution in [-0.4, -0.2) is 29.3 Å². The van der Waals surface area contributed by atoms with E-state index in [1.165, 1.54) is 0 Å². The molecule has 0 aliphatic carbocycles. The molecule has 1 unspecified atom stereocenters. The van der Waals surface area contributed by atoms with E-state index in [2.05, 4.69) is 30.6 Å². The fourth-order valence-electron chi connectivity index (χ4n) is 1.76. The summed E-state index contributed by atoms with van der Waals surface area (Å²) >= 11 is 8.70. The van der Waals surface area contributed by atoms with Gasteiger partial charge in [0, 0.05) is 27.9 Å². The molecule has 5 heteroatoms. The molecule has 1 aromatic carbocycles. The Kier molecular flexibility index (Phi) is 6.89. The van der Waals surface area contributed by atoms with Gasteiger partial charge >= 0.3 is 0 Å². The highest BCUT2D eigenvalue weighted by atomic mass is 32.2. The largest absolute Gasteiger partial charge is 0.389 e. The summed E-state index contributed by atoms with van der Waals surface area (Å²) in [6.07, 6.45) is 5.25. The number of hydrogen-bond acceptors (Lipinski definition) is 4. The van der Waals surface area contributed by atoms with Crippen LogP contribution in [0, 0.1) is 0 Å². The molecule has 100 valence electrons. The number of nitrogens with one attached hydrogen (secondary N) is 1. The summed E-state index contributed by atoms with van der Waals surface area (Å²) in [4.78, 5) is 1.59. The zero-order chi connectivity index (χ0) is 13.5. The van der Waals surface area contributed by atoms with E-state index in [4.69, 9.17) is 18.0 Å². The monoisotopic (exact) mass is 300 g/mol. The number of hydrogen-bond donors (Lipinski definition) is 2. The lowest BCUT2D eigenvalue weighted by Gasteiger charge is -2.20. The minimum absolute atomic E-state index is 0.449. The lowest BCUT2D eigenvalue weighted by Crippen LogP contribution is -2.24. The lowest BCUT2D eigenvalue weighted by atomic mass is 10.1. The van der Waals surface area contributed by atoms with Gasteiger partial charge in [0.25, 0.3) is 0 Å². The van der Waals surface area contributed by atoms with E-state index in [0.717, 1.165) is 28.3 Å². The molecule has 1 atom stereocenters. The summed E-state index contributed by atoms with van der Waals surface area (Å²) in [6, 6.07) is 6.60. The quantitative estimate of drug-likeness (QED) is 0.594. The summed E-state index contributed by atoms with van der Waals surface area (Å²) < 4.78 is 0. The summed E-state index contributed by atoms with van der Waals surface area (Å²) in [7, 11) is 0. The van der Waals surface area contributed by atoms with Crippen molar-refractivity contribution in [3.8, 4) is 0 Å². The molecule has 0 heterocycles. The highest BCUT2D eigenvalue weighted by Gasteiger charge is 2.13. The molecule has 0 aromatic heterocycles. The normalized spacial score (nSPS) is 12.2. The molecule has 1 aromatic rings. The van der Waals surface area contributed by atoms with Crippen LogP contribution < -0.4 is 11.1 Å². The molecule has 0 aliphatic heterocycles. The Hall–Kier alpha value is -0.390. The van der Waals surface area contributed by atoms with Gasteiger partial charge in [0.2, 0.25) is 0 Å². The number of anilines is 1. The van der Waals surface area contributed by atoms with Crippen LogP contribution in [-0.2, 0) is 0 Å². The Balaban J connectivity index is 3.03. The fourth-order valence-corrected chi connectivity index (χ4v) is 3.40. The Labute approximate surface area is 123 Å². The molecule has 3 N–H and O–H groups in total. The predicted molar refractivity (Wildman–Crippen MR) is 90.2 cm³/mol. The van der Waals surface area contributed by atoms with Gasteiger partial charge in [-0.15, -0.1) is 11.8 Å². The number of thiocarbonyl (C=S) groups is 1. The van der Waals surface area contributed by atoms with E-state index in [0.29, 0.717) is 11.0 Å². The van der Waals surface area contributed by atoms with Crippen LogP contribution in [0.25, 0.3) is 0 Å². The van der Waals surface area contributed by atoms with E-state index in [1.54, 1.807) is 11.8 Å². The van der Waals surface area contributed by atoms with Gasteiger partial charge in [-0.2, -0.15) is 11.8 Å². The first-order valence-corrected chi connectivity index (χ1v) is 8.89. The highest BCUT2D eigenvalue weighted by molar-refractivity contribution is 7.99. The smallest absolute Gasteiger partial charge is 0.107 e. The van der Waals surface area contributed by atoms with E-state index < -0.39 is 0 Å². The zero-order valence-corrected chi connectivity index (χ0v) is 13.5. The number of benzene rings is 1. The second-order valence-electron chi connectivity index (χ2n) is 3.95. The van der Waals surface area contributed by atoms with Gasteiger partial charge in [0.05, 0.1) is 0 Å². The third kappa shape index (κ3) is 4.07. The van der Waals surface area contributed by atoms with Crippen LogP contribution in [0.2, 0.25) is 0 Å². The number of rotatable bonds is 7. The molecular formula is C13H20N2S3. The first-order valence-electron chi connectivity index (χ1n) is 5.86. The summed E-state index contributed by atoms with van der Waals surface area (Å²) in [5, 5.41) is 3.55. The van der Waals surface area contributed by atoms with Gasteiger partial charge in [-0.3, -0.25) is 0 Å². The average molecular weight is 301 g/mol. The van der Waals surface area contributed by atoms with Crippen LogP contribution in [0.1, 0.15) is 18.9 Å². The van der Waals surface area contributed by atoms with Crippen molar-refractivity contribution in [3.05, 3.63) is 23.8 Å². The fraction of sp³-hybridized carbons (Fsp3) is 0.462. The zero-order valence-electron chi connectivity index (χ0n) is 11.0. The molecule has 1 rings (SSSR count). The topological polar surface area (TPSA) is 38.0 Å². The van der Waals surface area contributed by atoms with E-state index in [9.17, 15) is 0 Å². The first-order chi connectivity index (χ1) is 8.63. The van der Waals surface area contributed by atoms with Crippen molar-refractivity contribution in [1.29, 1.82) is 0 Å². The second kappa shape index (κ2) is 7.92. The van der Waals surface area contributed by atoms with Crippen molar-refractivity contribution in [2.45, 2.75) is 24.3 Å². The molecule has 0 fully saturated rings. The predicted octanol–water partition coefficient (Wildman–Crippen LogP) is 3.60. The average Bonchev–Trinajstić information content (AvgIpc) is 2.37. The Morgan fingerprint density at radius 2 is 2.17 bits per heavy atom. The number of thioether (sulfide) groups is 2. The molecule has 0 amide bonds. The molecule has 0 spiro atoms. The van der Waals surface area contributed by atoms with Gasteiger partial charge in [-0.25, -0.2) is 0 Å². The third-order valence-corrected chi connectivity index (χ3v) is 4.43. The summed E-state index contributed by atoms with van der Waals surface area (Å²) in [6.45, 7) is 2.19. The molecule has 0 saturated carbocycles. The SMILES string of the molecule is CCC(CSC)Nc1cccc(SC)c1C(N)=S. The van der Waals surface area contributed by atoms with Crippen molar-refractivity contribution < 1.29 is 0 Å². The second-order valence-corrected chi connectivity index (χ2v) is 6.15. The van der Waals surface area contributed by atoms with Crippen LogP contribution >= 0.6 is 35.7 Å².